The molecule has 3 rings (SSSR count). The number of aliphatic carboxylic acids is 1. The van der Waals surface area contributed by atoms with Crippen molar-refractivity contribution in [2.24, 2.45) is 11.8 Å². The number of fused-ring (bicyclic) bond motifs is 3. The van der Waals surface area contributed by atoms with Gasteiger partial charge in [-0.3, -0.25) is 9.59 Å². The number of carboxylic acid groups (broad SMARTS) is 1. The van der Waals surface area contributed by atoms with Crippen molar-refractivity contribution in [1.82, 2.24) is 10.6 Å². The highest BCUT2D eigenvalue weighted by atomic mass is 16.5. The van der Waals surface area contributed by atoms with Gasteiger partial charge in [0, 0.05) is 24.4 Å². The van der Waals surface area contributed by atoms with Crippen LogP contribution in [0.3, 0.4) is 0 Å². The molecule has 0 aliphatic heterocycles. The highest BCUT2D eigenvalue weighted by Crippen LogP contribution is 2.44. The van der Waals surface area contributed by atoms with Gasteiger partial charge < -0.3 is 20.5 Å². The number of rotatable bonds is 11. The molecule has 0 fully saturated rings. The number of amides is 2. The number of ether oxygens (including phenoxy) is 1. The molecular formula is C28H36N2O5. The number of benzene rings is 2. The quantitative estimate of drug-likeness (QED) is 0.422. The fourth-order valence-corrected chi connectivity index (χ4v) is 5.08. The first-order valence-corrected chi connectivity index (χ1v) is 12.4. The van der Waals surface area contributed by atoms with Crippen molar-refractivity contribution in [3.05, 3.63) is 59.7 Å². The van der Waals surface area contributed by atoms with Crippen molar-refractivity contribution < 1.29 is 24.2 Å². The average Bonchev–Trinajstić information content (AvgIpc) is 3.11. The predicted octanol–water partition coefficient (Wildman–Crippen LogP) is 4.95. The van der Waals surface area contributed by atoms with E-state index in [1.165, 1.54) is 0 Å². The van der Waals surface area contributed by atoms with Crippen LogP contribution in [0.2, 0.25) is 0 Å². The maximum absolute atomic E-state index is 12.7. The third-order valence-corrected chi connectivity index (χ3v) is 6.67. The second-order valence-corrected chi connectivity index (χ2v) is 9.62. The van der Waals surface area contributed by atoms with Crippen molar-refractivity contribution in [1.29, 1.82) is 0 Å². The van der Waals surface area contributed by atoms with E-state index in [2.05, 4.69) is 34.9 Å². The van der Waals surface area contributed by atoms with Gasteiger partial charge in [0.2, 0.25) is 5.91 Å². The minimum Gasteiger partial charge on any atom is -0.481 e. The van der Waals surface area contributed by atoms with Crippen LogP contribution in [0, 0.1) is 11.8 Å². The highest BCUT2D eigenvalue weighted by molar-refractivity contribution is 5.80. The van der Waals surface area contributed by atoms with Crippen LogP contribution >= 0.6 is 0 Å². The van der Waals surface area contributed by atoms with Crippen LogP contribution in [0.25, 0.3) is 11.1 Å². The summed E-state index contributed by atoms with van der Waals surface area (Å²) in [6, 6.07) is 15.4. The summed E-state index contributed by atoms with van der Waals surface area (Å²) in [5, 5.41) is 15.1. The Morgan fingerprint density at radius 2 is 1.51 bits per heavy atom. The molecule has 3 N–H and O–H groups in total. The largest absolute Gasteiger partial charge is 0.481 e. The van der Waals surface area contributed by atoms with Crippen molar-refractivity contribution in [3.63, 3.8) is 0 Å². The summed E-state index contributed by atoms with van der Waals surface area (Å²) in [7, 11) is 0. The van der Waals surface area contributed by atoms with E-state index in [4.69, 9.17) is 4.74 Å². The van der Waals surface area contributed by atoms with Crippen LogP contribution in [-0.4, -0.2) is 41.8 Å². The Hall–Kier alpha value is -3.35. The molecule has 2 amide bonds. The first kappa shape index (κ1) is 26.3. The number of hydrogen-bond donors (Lipinski definition) is 3. The van der Waals surface area contributed by atoms with Crippen LogP contribution in [0.5, 0.6) is 0 Å². The molecule has 0 saturated heterocycles. The van der Waals surface area contributed by atoms with Crippen molar-refractivity contribution in [2.75, 3.05) is 6.61 Å². The van der Waals surface area contributed by atoms with E-state index in [0.29, 0.717) is 6.42 Å². The van der Waals surface area contributed by atoms with Crippen molar-refractivity contribution >= 4 is 18.0 Å². The van der Waals surface area contributed by atoms with E-state index >= 15 is 0 Å². The normalized spacial score (nSPS) is 15.0. The molecule has 0 saturated carbocycles. The SMILES string of the molecule is CCC[C@@H](CC(=O)NC(C)C(C(=O)O)C(C)C)NC(=O)OCC1c2ccccc2-c2ccccc21. The average molecular weight is 481 g/mol. The topological polar surface area (TPSA) is 105 Å². The Morgan fingerprint density at radius 1 is 0.943 bits per heavy atom. The van der Waals surface area contributed by atoms with Gasteiger partial charge in [-0.05, 0) is 41.5 Å². The Bertz CT molecular complexity index is 1010. The third kappa shape index (κ3) is 6.41. The minimum absolute atomic E-state index is 0.0362. The Kier molecular flexibility index (Phi) is 8.90. The summed E-state index contributed by atoms with van der Waals surface area (Å²) in [5.74, 6) is -2.06. The molecule has 2 aromatic rings. The van der Waals surface area contributed by atoms with Gasteiger partial charge in [0.25, 0.3) is 0 Å². The molecule has 7 nitrogen and oxygen atoms in total. The standard InChI is InChI=1S/C28H36N2O5/c1-5-10-19(15-25(31)29-18(4)26(17(2)3)27(32)33)30-28(34)35-16-24-22-13-8-6-11-20(22)21-12-7-9-14-23(21)24/h6-9,11-14,17-19,24,26H,5,10,15-16H2,1-4H3,(H,29,31)(H,30,34)(H,32,33)/t18?,19-,26?/m0/s1. The molecule has 3 atom stereocenters. The molecule has 35 heavy (non-hydrogen) atoms. The molecule has 1 aliphatic rings. The third-order valence-electron chi connectivity index (χ3n) is 6.67. The maximum atomic E-state index is 12.7. The van der Waals surface area contributed by atoms with Gasteiger partial charge >= 0.3 is 12.1 Å². The molecule has 0 radical (unpaired) electrons. The van der Waals surface area contributed by atoms with E-state index < -0.39 is 30.1 Å². The van der Waals surface area contributed by atoms with Gasteiger partial charge in [0.1, 0.15) is 6.61 Å². The predicted molar refractivity (Wildman–Crippen MR) is 135 cm³/mol. The van der Waals surface area contributed by atoms with Crippen LogP contribution in [-0.2, 0) is 14.3 Å². The lowest BCUT2D eigenvalue weighted by molar-refractivity contribution is -0.144. The number of alkyl carbamates (subject to hydrolysis) is 1. The molecule has 0 bridgehead atoms. The van der Waals surface area contributed by atoms with E-state index in [1.54, 1.807) is 6.92 Å². The Morgan fingerprint density at radius 3 is 2.03 bits per heavy atom. The van der Waals surface area contributed by atoms with Gasteiger partial charge in [-0.1, -0.05) is 75.7 Å². The molecule has 7 heteroatoms. The maximum Gasteiger partial charge on any atom is 0.407 e. The second kappa shape index (κ2) is 11.9. The van der Waals surface area contributed by atoms with E-state index in [1.807, 2.05) is 45.0 Å². The lowest BCUT2D eigenvalue weighted by atomic mass is 9.89. The lowest BCUT2D eigenvalue weighted by Crippen LogP contribution is -2.46. The van der Waals surface area contributed by atoms with Crippen LogP contribution in [0.1, 0.15) is 64.0 Å². The molecule has 1 aliphatic carbocycles. The summed E-state index contributed by atoms with van der Waals surface area (Å²) in [6.45, 7) is 7.52. The summed E-state index contributed by atoms with van der Waals surface area (Å²) >= 11 is 0. The molecule has 188 valence electrons. The summed E-state index contributed by atoms with van der Waals surface area (Å²) in [5.41, 5.74) is 4.59. The lowest BCUT2D eigenvalue weighted by Gasteiger charge is -2.25. The highest BCUT2D eigenvalue weighted by Gasteiger charge is 2.31. The monoisotopic (exact) mass is 480 g/mol. The molecule has 0 heterocycles. The number of carbonyl (C=O) groups excluding carboxylic acids is 2. The van der Waals surface area contributed by atoms with Gasteiger partial charge in [0.15, 0.2) is 0 Å². The van der Waals surface area contributed by atoms with E-state index in [0.717, 1.165) is 28.7 Å². The number of hydrogen-bond acceptors (Lipinski definition) is 4. The fourth-order valence-electron chi connectivity index (χ4n) is 5.08. The minimum atomic E-state index is -0.935. The fraction of sp³-hybridized carbons (Fsp3) is 0.464. The van der Waals surface area contributed by atoms with Gasteiger partial charge in [-0.2, -0.15) is 0 Å². The van der Waals surface area contributed by atoms with Crippen LogP contribution < -0.4 is 10.6 Å². The molecule has 2 unspecified atom stereocenters. The van der Waals surface area contributed by atoms with Crippen molar-refractivity contribution in [3.8, 4) is 11.1 Å². The van der Waals surface area contributed by atoms with Crippen LogP contribution in [0.15, 0.2) is 48.5 Å². The number of carboxylic acids is 1. The number of carbonyl (C=O) groups is 3. The Labute approximate surface area is 207 Å². The molecule has 0 aromatic heterocycles. The zero-order valence-corrected chi connectivity index (χ0v) is 20.9. The summed E-state index contributed by atoms with van der Waals surface area (Å²) in [4.78, 5) is 36.8. The zero-order chi connectivity index (χ0) is 25.5. The first-order valence-electron chi connectivity index (χ1n) is 12.4. The number of nitrogens with one attached hydrogen (secondary N) is 2. The summed E-state index contributed by atoms with van der Waals surface area (Å²) in [6.07, 6.45) is 0.892. The first-order chi connectivity index (χ1) is 16.7. The molecule has 0 spiro atoms. The zero-order valence-electron chi connectivity index (χ0n) is 20.9. The van der Waals surface area contributed by atoms with E-state index in [9.17, 15) is 19.5 Å². The van der Waals surface area contributed by atoms with Gasteiger partial charge in [-0.25, -0.2) is 4.79 Å². The van der Waals surface area contributed by atoms with Gasteiger partial charge in [-0.15, -0.1) is 0 Å². The van der Waals surface area contributed by atoms with Crippen LogP contribution in [0.4, 0.5) is 4.79 Å². The van der Waals surface area contributed by atoms with E-state index in [-0.39, 0.29) is 30.8 Å². The smallest absolute Gasteiger partial charge is 0.407 e. The summed E-state index contributed by atoms with van der Waals surface area (Å²) < 4.78 is 5.62. The molecular weight excluding hydrogens is 444 g/mol. The van der Waals surface area contributed by atoms with Gasteiger partial charge in [0.05, 0.1) is 5.92 Å². The van der Waals surface area contributed by atoms with Crippen molar-refractivity contribution in [2.45, 2.75) is 65.0 Å². The second-order valence-electron chi connectivity index (χ2n) is 9.62. The molecule has 2 aromatic carbocycles. The Balaban J connectivity index is 1.58.